The van der Waals surface area contributed by atoms with Crippen molar-refractivity contribution in [3.63, 3.8) is 0 Å². The number of halogens is 1. The van der Waals surface area contributed by atoms with E-state index in [1.165, 1.54) is 11.1 Å². The maximum Gasteiger partial charge on any atom is 0.0438 e. The lowest BCUT2D eigenvalue weighted by Crippen LogP contribution is -2.22. The van der Waals surface area contributed by atoms with Gasteiger partial charge >= 0.3 is 0 Å². The molecule has 0 spiro atoms. The van der Waals surface area contributed by atoms with Crippen molar-refractivity contribution in [1.82, 2.24) is 10.3 Å². The minimum Gasteiger partial charge on any atom is -0.310 e. The molecule has 0 radical (unpaired) electrons. The number of aromatic nitrogens is 1. The lowest BCUT2D eigenvalue weighted by Gasteiger charge is -2.20. The van der Waals surface area contributed by atoms with Gasteiger partial charge in [0.2, 0.25) is 0 Å². The number of aryl methyl sites for hydroxylation is 2. The monoisotopic (exact) mass is 302 g/mol. The summed E-state index contributed by atoms with van der Waals surface area (Å²) in [4.78, 5) is 4.18. The van der Waals surface area contributed by atoms with Crippen LogP contribution >= 0.6 is 11.6 Å². The molecule has 0 saturated heterocycles. The molecule has 0 bridgehead atoms. The number of nitrogens with one attached hydrogen (secondary N) is 1. The maximum atomic E-state index is 6.27. The van der Waals surface area contributed by atoms with Crippen molar-refractivity contribution in [1.29, 1.82) is 0 Å². The van der Waals surface area contributed by atoms with E-state index in [0.717, 1.165) is 36.4 Å². The molecule has 1 heterocycles. The molecule has 112 valence electrons. The fourth-order valence-electron chi connectivity index (χ4n) is 2.39. The summed E-state index contributed by atoms with van der Waals surface area (Å²) in [5.41, 5.74) is 3.67. The summed E-state index contributed by atoms with van der Waals surface area (Å²) < 4.78 is 0. The standard InChI is InChI=1S/C18H23ClN2/c1-3-10-21-18(9-7-15-5-4-11-20-13-15)16-8-6-14(2)17(19)12-16/h4-6,8,11-13,18,21H,3,7,9-10H2,1-2H3. The first-order valence-corrected chi connectivity index (χ1v) is 7.97. The smallest absolute Gasteiger partial charge is 0.0438 e. The highest BCUT2D eigenvalue weighted by Gasteiger charge is 2.12. The van der Waals surface area contributed by atoms with Crippen LogP contribution in [0.25, 0.3) is 0 Å². The van der Waals surface area contributed by atoms with Crippen LogP contribution in [0.15, 0.2) is 42.7 Å². The maximum absolute atomic E-state index is 6.27. The number of rotatable bonds is 7. The lowest BCUT2D eigenvalue weighted by molar-refractivity contribution is 0.499. The summed E-state index contributed by atoms with van der Waals surface area (Å²) >= 11 is 6.27. The highest BCUT2D eigenvalue weighted by atomic mass is 35.5. The Morgan fingerprint density at radius 1 is 1.29 bits per heavy atom. The van der Waals surface area contributed by atoms with E-state index in [4.69, 9.17) is 11.6 Å². The molecule has 0 aliphatic heterocycles. The molecule has 0 saturated carbocycles. The molecular weight excluding hydrogens is 280 g/mol. The fourth-order valence-corrected chi connectivity index (χ4v) is 2.58. The Labute approximate surface area is 132 Å². The van der Waals surface area contributed by atoms with Gasteiger partial charge in [-0.1, -0.05) is 36.7 Å². The highest BCUT2D eigenvalue weighted by molar-refractivity contribution is 6.31. The van der Waals surface area contributed by atoms with Crippen molar-refractivity contribution in [3.8, 4) is 0 Å². The SMILES string of the molecule is CCCNC(CCc1cccnc1)c1ccc(C)c(Cl)c1. The van der Waals surface area contributed by atoms with Crippen LogP contribution in [0.4, 0.5) is 0 Å². The topological polar surface area (TPSA) is 24.9 Å². The molecule has 21 heavy (non-hydrogen) atoms. The fraction of sp³-hybridized carbons (Fsp3) is 0.389. The first-order valence-electron chi connectivity index (χ1n) is 7.59. The largest absolute Gasteiger partial charge is 0.310 e. The van der Waals surface area contributed by atoms with E-state index in [9.17, 15) is 0 Å². The molecule has 1 aromatic heterocycles. The number of nitrogens with zero attached hydrogens (tertiary/aromatic N) is 1. The minimum absolute atomic E-state index is 0.336. The van der Waals surface area contributed by atoms with Gasteiger partial charge in [-0.3, -0.25) is 4.98 Å². The van der Waals surface area contributed by atoms with Crippen molar-refractivity contribution in [3.05, 3.63) is 64.4 Å². The van der Waals surface area contributed by atoms with E-state index < -0.39 is 0 Å². The third kappa shape index (κ3) is 4.83. The minimum atomic E-state index is 0.336. The van der Waals surface area contributed by atoms with Gasteiger partial charge < -0.3 is 5.32 Å². The van der Waals surface area contributed by atoms with Crippen molar-refractivity contribution in [2.75, 3.05) is 6.54 Å². The van der Waals surface area contributed by atoms with Crippen LogP contribution < -0.4 is 5.32 Å². The second kappa shape index (κ2) is 8.16. The van der Waals surface area contributed by atoms with Gasteiger partial charge in [-0.15, -0.1) is 0 Å². The zero-order chi connectivity index (χ0) is 15.1. The van der Waals surface area contributed by atoms with Gasteiger partial charge in [0.25, 0.3) is 0 Å². The summed E-state index contributed by atoms with van der Waals surface area (Å²) in [6.07, 6.45) is 6.95. The van der Waals surface area contributed by atoms with Gasteiger partial charge in [-0.2, -0.15) is 0 Å². The van der Waals surface area contributed by atoms with Crippen LogP contribution in [0.2, 0.25) is 5.02 Å². The predicted octanol–water partition coefficient (Wildman–Crippen LogP) is 4.72. The molecule has 3 heteroatoms. The van der Waals surface area contributed by atoms with E-state index in [1.807, 2.05) is 25.4 Å². The molecule has 0 aliphatic carbocycles. The average molecular weight is 303 g/mol. The number of hydrogen-bond donors (Lipinski definition) is 1. The summed E-state index contributed by atoms with van der Waals surface area (Å²) in [6, 6.07) is 10.8. The van der Waals surface area contributed by atoms with Gasteiger partial charge in [0, 0.05) is 23.5 Å². The molecule has 0 fully saturated rings. The molecule has 0 aliphatic rings. The number of benzene rings is 1. The van der Waals surface area contributed by atoms with E-state index in [-0.39, 0.29) is 0 Å². The molecule has 1 atom stereocenters. The van der Waals surface area contributed by atoms with E-state index in [1.54, 1.807) is 0 Å². The van der Waals surface area contributed by atoms with E-state index in [2.05, 4.69) is 41.5 Å². The molecule has 1 unspecified atom stereocenters. The van der Waals surface area contributed by atoms with Crippen molar-refractivity contribution >= 4 is 11.6 Å². The van der Waals surface area contributed by atoms with Crippen LogP contribution in [0.1, 0.15) is 42.5 Å². The van der Waals surface area contributed by atoms with Gasteiger partial charge in [0.1, 0.15) is 0 Å². The first kappa shape index (κ1) is 16.0. The molecule has 2 aromatic rings. The zero-order valence-corrected chi connectivity index (χ0v) is 13.5. The highest BCUT2D eigenvalue weighted by Crippen LogP contribution is 2.24. The Morgan fingerprint density at radius 2 is 2.14 bits per heavy atom. The molecule has 2 nitrogen and oxygen atoms in total. The lowest BCUT2D eigenvalue weighted by atomic mass is 9.98. The van der Waals surface area contributed by atoms with E-state index >= 15 is 0 Å². The second-order valence-electron chi connectivity index (χ2n) is 5.42. The molecular formula is C18H23ClN2. The summed E-state index contributed by atoms with van der Waals surface area (Å²) in [6.45, 7) is 5.24. The van der Waals surface area contributed by atoms with Crippen LogP contribution in [0, 0.1) is 6.92 Å². The van der Waals surface area contributed by atoms with Gasteiger partial charge in [-0.05, 0) is 61.6 Å². The van der Waals surface area contributed by atoms with Crippen LogP contribution in [0.5, 0.6) is 0 Å². The predicted molar refractivity (Wildman–Crippen MR) is 89.8 cm³/mol. The van der Waals surface area contributed by atoms with Crippen molar-refractivity contribution < 1.29 is 0 Å². The Hall–Kier alpha value is -1.38. The zero-order valence-electron chi connectivity index (χ0n) is 12.8. The molecule has 2 rings (SSSR count). The molecule has 1 N–H and O–H groups in total. The number of pyridine rings is 1. The van der Waals surface area contributed by atoms with Crippen LogP contribution in [-0.2, 0) is 6.42 Å². The first-order chi connectivity index (χ1) is 10.2. The Balaban J connectivity index is 2.08. The summed E-state index contributed by atoms with van der Waals surface area (Å²) in [5.74, 6) is 0. The Bertz CT molecular complexity index is 554. The Morgan fingerprint density at radius 3 is 2.81 bits per heavy atom. The van der Waals surface area contributed by atoms with Crippen molar-refractivity contribution in [2.24, 2.45) is 0 Å². The molecule has 1 aromatic carbocycles. The summed E-state index contributed by atoms with van der Waals surface area (Å²) in [5, 5.41) is 4.47. The van der Waals surface area contributed by atoms with Crippen LogP contribution in [0.3, 0.4) is 0 Å². The van der Waals surface area contributed by atoms with Gasteiger partial charge in [-0.25, -0.2) is 0 Å². The normalized spacial score (nSPS) is 12.3. The average Bonchev–Trinajstić information content (AvgIpc) is 2.51. The van der Waals surface area contributed by atoms with E-state index in [0.29, 0.717) is 6.04 Å². The van der Waals surface area contributed by atoms with Gasteiger partial charge in [0.15, 0.2) is 0 Å². The Kier molecular flexibility index (Phi) is 6.21. The summed E-state index contributed by atoms with van der Waals surface area (Å²) in [7, 11) is 0. The third-order valence-corrected chi connectivity index (χ3v) is 4.09. The third-order valence-electron chi connectivity index (χ3n) is 3.68. The van der Waals surface area contributed by atoms with Crippen LogP contribution in [-0.4, -0.2) is 11.5 Å². The van der Waals surface area contributed by atoms with Gasteiger partial charge in [0.05, 0.1) is 0 Å². The number of hydrogen-bond acceptors (Lipinski definition) is 2. The molecule has 0 amide bonds. The van der Waals surface area contributed by atoms with Crippen molar-refractivity contribution in [2.45, 2.75) is 39.2 Å². The second-order valence-corrected chi connectivity index (χ2v) is 5.82. The quantitative estimate of drug-likeness (QED) is 0.800.